The summed E-state index contributed by atoms with van der Waals surface area (Å²) in [5, 5.41) is 2.81. The van der Waals surface area contributed by atoms with Crippen LogP contribution in [0, 0.1) is 5.82 Å². The van der Waals surface area contributed by atoms with Crippen molar-refractivity contribution in [2.24, 2.45) is 0 Å². The molecule has 0 spiro atoms. The van der Waals surface area contributed by atoms with Gasteiger partial charge in [0.05, 0.1) is 5.69 Å². The summed E-state index contributed by atoms with van der Waals surface area (Å²) in [4.78, 5) is 4.31. The van der Waals surface area contributed by atoms with Crippen LogP contribution in [0.2, 0.25) is 0 Å². The van der Waals surface area contributed by atoms with E-state index in [0.29, 0.717) is 0 Å². The van der Waals surface area contributed by atoms with Gasteiger partial charge < -0.3 is 0 Å². The normalized spacial score (nSPS) is 10.1. The van der Waals surface area contributed by atoms with Crippen LogP contribution < -0.4 is 0 Å². The fraction of sp³-hybridized carbons (Fsp3) is 0. The van der Waals surface area contributed by atoms with Crippen molar-refractivity contribution < 1.29 is 4.39 Å². The summed E-state index contributed by atoms with van der Waals surface area (Å²) in [5.74, 6) is -0.229. The van der Waals surface area contributed by atoms with Crippen molar-refractivity contribution >= 4 is 17.4 Å². The van der Waals surface area contributed by atoms with Gasteiger partial charge in [-0.3, -0.25) is 0 Å². The Balaban J connectivity index is 2.39. The van der Waals surface area contributed by atoms with Crippen molar-refractivity contribution in [2.45, 2.75) is 0 Å². The lowest BCUT2D eigenvalue weighted by Gasteiger charge is -1.94. The lowest BCUT2D eigenvalue weighted by atomic mass is 10.2. The Kier molecular flexibility index (Phi) is 2.41. The average Bonchev–Trinajstić information content (AvgIpc) is 2.67. The maximum Gasteiger partial charge on any atom is 0.123 e. The van der Waals surface area contributed by atoms with Gasteiger partial charge in [0.1, 0.15) is 10.8 Å². The van der Waals surface area contributed by atoms with Crippen LogP contribution in [0.1, 0.15) is 5.01 Å². The van der Waals surface area contributed by atoms with Crippen molar-refractivity contribution in [1.82, 2.24) is 4.98 Å². The molecule has 0 radical (unpaired) electrons. The molecule has 70 valence electrons. The summed E-state index contributed by atoms with van der Waals surface area (Å²) < 4.78 is 12.6. The first-order valence-corrected chi connectivity index (χ1v) is 5.01. The van der Waals surface area contributed by atoms with E-state index < -0.39 is 0 Å². The fourth-order valence-electron chi connectivity index (χ4n) is 1.13. The summed E-state index contributed by atoms with van der Waals surface area (Å²) in [6, 6.07) is 6.30. The molecule has 2 rings (SSSR count). The highest BCUT2D eigenvalue weighted by Crippen LogP contribution is 2.22. The van der Waals surface area contributed by atoms with E-state index in [0.717, 1.165) is 16.3 Å². The van der Waals surface area contributed by atoms with Crippen molar-refractivity contribution in [3.8, 4) is 11.3 Å². The molecule has 14 heavy (non-hydrogen) atoms. The Labute approximate surface area is 85.6 Å². The Morgan fingerprint density at radius 1 is 1.29 bits per heavy atom. The van der Waals surface area contributed by atoms with Gasteiger partial charge in [-0.2, -0.15) is 0 Å². The van der Waals surface area contributed by atoms with Gasteiger partial charge >= 0.3 is 0 Å². The second-order valence-electron chi connectivity index (χ2n) is 2.78. The SMILES string of the molecule is C=Cc1nc(-c2ccc(F)cc2)cs1. The standard InChI is InChI=1S/C11H8FNS/c1-2-11-13-10(7-14-11)8-3-5-9(12)6-4-8/h2-7H,1H2. The molecule has 0 unspecified atom stereocenters. The lowest BCUT2D eigenvalue weighted by Crippen LogP contribution is -1.78. The van der Waals surface area contributed by atoms with Crippen LogP contribution in [-0.4, -0.2) is 4.98 Å². The molecule has 0 aliphatic heterocycles. The summed E-state index contributed by atoms with van der Waals surface area (Å²) >= 11 is 1.53. The molecular weight excluding hydrogens is 197 g/mol. The number of hydrogen-bond acceptors (Lipinski definition) is 2. The van der Waals surface area contributed by atoms with Crippen molar-refractivity contribution in [3.63, 3.8) is 0 Å². The summed E-state index contributed by atoms with van der Waals surface area (Å²) in [7, 11) is 0. The first-order valence-electron chi connectivity index (χ1n) is 4.13. The zero-order valence-electron chi connectivity index (χ0n) is 7.40. The largest absolute Gasteiger partial charge is 0.237 e. The topological polar surface area (TPSA) is 12.9 Å². The predicted octanol–water partition coefficient (Wildman–Crippen LogP) is 3.59. The molecule has 0 saturated heterocycles. The molecule has 0 fully saturated rings. The highest BCUT2D eigenvalue weighted by atomic mass is 32.1. The summed E-state index contributed by atoms with van der Waals surface area (Å²) in [5.41, 5.74) is 1.79. The highest BCUT2D eigenvalue weighted by Gasteiger charge is 2.01. The molecule has 1 aromatic carbocycles. The second kappa shape index (κ2) is 3.72. The third-order valence-electron chi connectivity index (χ3n) is 1.84. The minimum Gasteiger partial charge on any atom is -0.237 e. The molecule has 0 saturated carbocycles. The third-order valence-corrected chi connectivity index (χ3v) is 2.68. The number of thiazole rings is 1. The molecule has 0 bridgehead atoms. The van der Waals surface area contributed by atoms with Crippen molar-refractivity contribution in [3.05, 3.63) is 47.0 Å². The summed E-state index contributed by atoms with van der Waals surface area (Å²) in [6.45, 7) is 3.64. The molecule has 2 aromatic rings. The molecule has 0 amide bonds. The minimum atomic E-state index is -0.229. The predicted molar refractivity (Wildman–Crippen MR) is 57.6 cm³/mol. The third kappa shape index (κ3) is 1.72. The van der Waals surface area contributed by atoms with E-state index in [1.54, 1.807) is 18.2 Å². The maximum atomic E-state index is 12.6. The quantitative estimate of drug-likeness (QED) is 0.730. The molecule has 0 N–H and O–H groups in total. The number of hydrogen-bond donors (Lipinski definition) is 0. The highest BCUT2D eigenvalue weighted by molar-refractivity contribution is 7.10. The molecular formula is C11H8FNS. The van der Waals surface area contributed by atoms with Gasteiger partial charge in [0.25, 0.3) is 0 Å². The van der Waals surface area contributed by atoms with E-state index >= 15 is 0 Å². The molecule has 0 aliphatic carbocycles. The van der Waals surface area contributed by atoms with Crippen LogP contribution in [0.4, 0.5) is 4.39 Å². The Hall–Kier alpha value is -1.48. The van der Waals surface area contributed by atoms with Crippen LogP contribution in [-0.2, 0) is 0 Å². The number of benzene rings is 1. The van der Waals surface area contributed by atoms with Crippen molar-refractivity contribution in [2.75, 3.05) is 0 Å². The van der Waals surface area contributed by atoms with Gasteiger partial charge in [-0.05, 0) is 30.3 Å². The Morgan fingerprint density at radius 2 is 2.00 bits per heavy atom. The van der Waals surface area contributed by atoms with Gasteiger partial charge in [0.2, 0.25) is 0 Å². The van der Waals surface area contributed by atoms with Gasteiger partial charge in [0.15, 0.2) is 0 Å². The van der Waals surface area contributed by atoms with Crippen LogP contribution in [0.25, 0.3) is 17.3 Å². The molecule has 3 heteroatoms. The Bertz CT molecular complexity index is 445. The summed E-state index contributed by atoms with van der Waals surface area (Å²) in [6.07, 6.45) is 1.71. The first kappa shape index (κ1) is 9.09. The van der Waals surface area contributed by atoms with Crippen molar-refractivity contribution in [1.29, 1.82) is 0 Å². The zero-order valence-corrected chi connectivity index (χ0v) is 8.22. The van der Waals surface area contributed by atoms with Gasteiger partial charge in [-0.15, -0.1) is 11.3 Å². The molecule has 0 atom stereocenters. The molecule has 0 aliphatic rings. The van der Waals surface area contributed by atoms with E-state index in [1.807, 2.05) is 5.38 Å². The van der Waals surface area contributed by atoms with Gasteiger partial charge in [-0.1, -0.05) is 6.58 Å². The van der Waals surface area contributed by atoms with E-state index in [2.05, 4.69) is 11.6 Å². The number of rotatable bonds is 2. The Morgan fingerprint density at radius 3 is 2.57 bits per heavy atom. The molecule has 1 aromatic heterocycles. The molecule has 1 nitrogen and oxygen atoms in total. The van der Waals surface area contributed by atoms with E-state index in [4.69, 9.17) is 0 Å². The minimum absolute atomic E-state index is 0.229. The molecule has 1 heterocycles. The van der Waals surface area contributed by atoms with Crippen LogP contribution in [0.15, 0.2) is 36.2 Å². The van der Waals surface area contributed by atoms with E-state index in [1.165, 1.54) is 23.5 Å². The number of aromatic nitrogens is 1. The van der Waals surface area contributed by atoms with Crippen LogP contribution in [0.3, 0.4) is 0 Å². The number of nitrogens with zero attached hydrogens (tertiary/aromatic N) is 1. The lowest BCUT2D eigenvalue weighted by molar-refractivity contribution is 0.628. The van der Waals surface area contributed by atoms with E-state index in [9.17, 15) is 4.39 Å². The first-order chi connectivity index (χ1) is 6.79. The monoisotopic (exact) mass is 205 g/mol. The smallest absolute Gasteiger partial charge is 0.123 e. The number of halogens is 1. The van der Waals surface area contributed by atoms with Crippen LogP contribution >= 0.6 is 11.3 Å². The van der Waals surface area contributed by atoms with Gasteiger partial charge in [0, 0.05) is 10.9 Å². The zero-order chi connectivity index (χ0) is 9.97. The second-order valence-corrected chi connectivity index (χ2v) is 3.67. The fourth-order valence-corrected chi connectivity index (χ4v) is 1.80. The van der Waals surface area contributed by atoms with Gasteiger partial charge in [-0.25, -0.2) is 9.37 Å². The average molecular weight is 205 g/mol. The van der Waals surface area contributed by atoms with Crippen LogP contribution in [0.5, 0.6) is 0 Å². The van der Waals surface area contributed by atoms with E-state index in [-0.39, 0.29) is 5.82 Å². The maximum absolute atomic E-state index is 12.6.